The summed E-state index contributed by atoms with van der Waals surface area (Å²) in [6.45, 7) is 4.14. The molecule has 1 heterocycles. The minimum absolute atomic E-state index is 0.0157. The van der Waals surface area contributed by atoms with Crippen molar-refractivity contribution in [1.82, 2.24) is 0 Å². The third-order valence-electron chi connectivity index (χ3n) is 5.93. The van der Waals surface area contributed by atoms with E-state index < -0.39 is 31.0 Å². The molecule has 1 aliphatic heterocycles. The molecular weight excluding hydrogens is 384 g/mol. The van der Waals surface area contributed by atoms with Crippen LogP contribution in [0.1, 0.15) is 104 Å². The van der Waals surface area contributed by atoms with Crippen molar-refractivity contribution in [2.75, 3.05) is 13.2 Å². The molecule has 3 N–H and O–H groups in total. The van der Waals surface area contributed by atoms with Crippen molar-refractivity contribution in [1.29, 1.82) is 0 Å². The lowest BCUT2D eigenvalue weighted by molar-refractivity contribution is -0.162. The topological polar surface area (TPSA) is 96.2 Å². The van der Waals surface area contributed by atoms with Crippen molar-refractivity contribution < 1.29 is 29.6 Å². The summed E-state index contributed by atoms with van der Waals surface area (Å²) in [4.78, 5) is 12.0. The second-order valence-corrected chi connectivity index (χ2v) is 9.24. The molecule has 0 aromatic heterocycles. The van der Waals surface area contributed by atoms with Crippen LogP contribution in [0.3, 0.4) is 0 Å². The summed E-state index contributed by atoms with van der Waals surface area (Å²) in [7, 11) is 0. The molecule has 0 bridgehead atoms. The molecule has 6 heteroatoms. The van der Waals surface area contributed by atoms with Crippen LogP contribution in [0.25, 0.3) is 0 Å². The Kier molecular flexibility index (Phi) is 15.4. The molecule has 0 spiro atoms. The van der Waals surface area contributed by atoms with Crippen molar-refractivity contribution in [3.63, 3.8) is 0 Å². The summed E-state index contributed by atoms with van der Waals surface area (Å²) < 4.78 is 10.5. The van der Waals surface area contributed by atoms with E-state index in [1.807, 2.05) is 0 Å². The largest absolute Gasteiger partial charge is 0.457 e. The fraction of sp³-hybridized carbons (Fsp3) is 0.958. The van der Waals surface area contributed by atoms with E-state index >= 15 is 0 Å². The van der Waals surface area contributed by atoms with Crippen LogP contribution in [0.15, 0.2) is 0 Å². The van der Waals surface area contributed by atoms with Gasteiger partial charge in [-0.1, -0.05) is 90.9 Å². The monoisotopic (exact) mass is 430 g/mol. The number of rotatable bonds is 18. The third kappa shape index (κ3) is 12.2. The van der Waals surface area contributed by atoms with Crippen LogP contribution in [0, 0.1) is 5.92 Å². The molecular formula is C24H46O6. The van der Waals surface area contributed by atoms with Gasteiger partial charge in [-0.2, -0.15) is 0 Å². The van der Waals surface area contributed by atoms with Gasteiger partial charge in [-0.15, -0.1) is 0 Å². The minimum Gasteiger partial charge on any atom is -0.457 e. The van der Waals surface area contributed by atoms with Gasteiger partial charge >= 0.3 is 5.97 Å². The van der Waals surface area contributed by atoms with Crippen LogP contribution >= 0.6 is 0 Å². The highest BCUT2D eigenvalue weighted by Crippen LogP contribution is 2.20. The van der Waals surface area contributed by atoms with E-state index in [1.165, 1.54) is 64.2 Å². The molecule has 0 unspecified atom stereocenters. The Balaban J connectivity index is 1.91. The number of carbonyl (C=O) groups excluding carboxylic acids is 1. The standard InChI is InChI=1S/C24H46O6/c1-19(2)15-13-11-9-7-5-3-4-6-8-10-12-14-16-22(27)30-21(17-25)24-23(28)20(26)18-29-24/h19-21,23-26,28H,3-18H2,1-2H3/t20-,21+,23+,24-/m0/s1. The average molecular weight is 431 g/mol. The quantitative estimate of drug-likeness (QED) is 0.223. The first-order valence-electron chi connectivity index (χ1n) is 12.2. The highest BCUT2D eigenvalue weighted by molar-refractivity contribution is 5.69. The third-order valence-corrected chi connectivity index (χ3v) is 5.93. The van der Waals surface area contributed by atoms with E-state index in [0.29, 0.717) is 6.42 Å². The summed E-state index contributed by atoms with van der Waals surface area (Å²) >= 11 is 0. The zero-order valence-corrected chi connectivity index (χ0v) is 19.3. The van der Waals surface area contributed by atoms with E-state index in [9.17, 15) is 20.1 Å². The van der Waals surface area contributed by atoms with Gasteiger partial charge in [0.1, 0.15) is 18.3 Å². The second kappa shape index (κ2) is 16.9. The van der Waals surface area contributed by atoms with Crippen molar-refractivity contribution in [2.24, 2.45) is 5.92 Å². The van der Waals surface area contributed by atoms with Crippen molar-refractivity contribution >= 4 is 5.97 Å². The van der Waals surface area contributed by atoms with E-state index in [4.69, 9.17) is 9.47 Å². The summed E-state index contributed by atoms with van der Waals surface area (Å²) in [6.07, 6.45) is 12.6. The predicted molar refractivity (Wildman–Crippen MR) is 118 cm³/mol. The van der Waals surface area contributed by atoms with Crippen molar-refractivity contribution in [3.8, 4) is 0 Å². The van der Waals surface area contributed by atoms with Gasteiger partial charge in [0.2, 0.25) is 0 Å². The Morgan fingerprint density at radius 2 is 1.40 bits per heavy atom. The summed E-state index contributed by atoms with van der Waals surface area (Å²) in [6, 6.07) is 0. The fourth-order valence-electron chi connectivity index (χ4n) is 3.98. The Labute approximate surface area is 183 Å². The van der Waals surface area contributed by atoms with Crippen LogP contribution in [-0.4, -0.2) is 58.9 Å². The molecule has 1 saturated heterocycles. The Morgan fingerprint density at radius 3 is 1.83 bits per heavy atom. The first kappa shape index (κ1) is 27.3. The van der Waals surface area contributed by atoms with Crippen LogP contribution in [-0.2, 0) is 14.3 Å². The molecule has 6 nitrogen and oxygen atoms in total. The number of ether oxygens (including phenoxy) is 2. The minimum atomic E-state index is -1.14. The molecule has 0 aromatic carbocycles. The molecule has 1 aliphatic rings. The van der Waals surface area contributed by atoms with Crippen molar-refractivity contribution in [3.05, 3.63) is 0 Å². The molecule has 0 saturated carbocycles. The summed E-state index contributed by atoms with van der Waals surface area (Å²) in [5.41, 5.74) is 0. The van der Waals surface area contributed by atoms with Crippen LogP contribution in [0.2, 0.25) is 0 Å². The maximum atomic E-state index is 12.0. The molecule has 4 atom stereocenters. The molecule has 0 aromatic rings. The van der Waals surface area contributed by atoms with Crippen LogP contribution < -0.4 is 0 Å². The number of aliphatic hydroxyl groups is 3. The Bertz CT molecular complexity index is 428. The number of esters is 1. The summed E-state index contributed by atoms with van der Waals surface area (Å²) in [5, 5.41) is 28.7. The molecule has 1 rings (SSSR count). The van der Waals surface area contributed by atoms with Gasteiger partial charge in [0.05, 0.1) is 13.2 Å². The van der Waals surface area contributed by atoms with Gasteiger partial charge in [-0.3, -0.25) is 4.79 Å². The molecule has 0 aliphatic carbocycles. The molecule has 30 heavy (non-hydrogen) atoms. The Morgan fingerprint density at radius 1 is 0.900 bits per heavy atom. The fourth-order valence-corrected chi connectivity index (χ4v) is 3.98. The van der Waals surface area contributed by atoms with Gasteiger partial charge in [-0.05, 0) is 12.3 Å². The van der Waals surface area contributed by atoms with Gasteiger partial charge in [0.25, 0.3) is 0 Å². The van der Waals surface area contributed by atoms with Crippen LogP contribution in [0.4, 0.5) is 0 Å². The molecule has 0 radical (unpaired) electrons. The van der Waals surface area contributed by atoms with Gasteiger partial charge in [0.15, 0.2) is 6.10 Å². The first-order chi connectivity index (χ1) is 14.5. The second-order valence-electron chi connectivity index (χ2n) is 9.24. The SMILES string of the molecule is CC(C)CCCCCCCCCCCCCCC(=O)O[C@H](CO)[C@@H]1OC[C@H](O)[C@H]1O. The maximum absolute atomic E-state index is 12.0. The zero-order chi connectivity index (χ0) is 22.2. The highest BCUT2D eigenvalue weighted by atomic mass is 16.6. The van der Waals surface area contributed by atoms with Crippen LogP contribution in [0.5, 0.6) is 0 Å². The number of aliphatic hydroxyl groups excluding tert-OH is 3. The number of unbranched alkanes of at least 4 members (excludes halogenated alkanes) is 11. The van der Waals surface area contributed by atoms with E-state index in [1.54, 1.807) is 0 Å². The highest BCUT2D eigenvalue weighted by Gasteiger charge is 2.41. The van der Waals surface area contributed by atoms with Gasteiger partial charge in [-0.25, -0.2) is 0 Å². The lowest BCUT2D eigenvalue weighted by Gasteiger charge is -2.24. The van der Waals surface area contributed by atoms with Gasteiger partial charge < -0.3 is 24.8 Å². The number of carbonyl (C=O) groups is 1. The van der Waals surface area contributed by atoms with Gasteiger partial charge in [0, 0.05) is 6.42 Å². The normalized spacial score (nSPS) is 22.5. The Hall–Kier alpha value is -0.690. The first-order valence-corrected chi connectivity index (χ1v) is 12.2. The lowest BCUT2D eigenvalue weighted by Crippen LogP contribution is -2.43. The van der Waals surface area contributed by atoms with Crippen molar-refractivity contribution in [2.45, 2.75) is 128 Å². The number of hydrogen-bond acceptors (Lipinski definition) is 6. The van der Waals surface area contributed by atoms with E-state index in [2.05, 4.69) is 13.8 Å². The predicted octanol–water partition coefficient (Wildman–Crippen LogP) is 4.13. The number of hydrogen-bond donors (Lipinski definition) is 3. The molecule has 1 fully saturated rings. The molecule has 0 amide bonds. The molecule has 178 valence electrons. The summed E-state index contributed by atoms with van der Waals surface area (Å²) in [5.74, 6) is 0.447. The van der Waals surface area contributed by atoms with E-state index in [-0.39, 0.29) is 12.6 Å². The smallest absolute Gasteiger partial charge is 0.306 e. The zero-order valence-electron chi connectivity index (χ0n) is 19.3. The van der Waals surface area contributed by atoms with E-state index in [0.717, 1.165) is 25.2 Å². The average Bonchev–Trinajstić information content (AvgIpc) is 3.04. The lowest BCUT2D eigenvalue weighted by atomic mass is 10.0. The maximum Gasteiger partial charge on any atom is 0.306 e.